The van der Waals surface area contributed by atoms with Crippen LogP contribution in [0.15, 0.2) is 77.9 Å². The second-order valence-electron chi connectivity index (χ2n) is 5.70. The molecule has 26 heavy (non-hydrogen) atoms. The molecule has 0 atom stereocenters. The van der Waals surface area contributed by atoms with Crippen molar-refractivity contribution in [2.24, 2.45) is 5.11 Å². The van der Waals surface area contributed by atoms with Crippen LogP contribution < -0.4 is 10.6 Å². The average Bonchev–Trinajstić information content (AvgIpc) is 2.65. The van der Waals surface area contributed by atoms with E-state index < -0.39 is 0 Å². The molecule has 0 aromatic heterocycles. The fraction of sp³-hybridized carbons (Fsp3) is 0.0500. The standard InChI is InChI=1S/C20H17N5S/c1-14-10-12-15(13-11-14)22-20(26)23-18-8-4-2-6-16(18)17-7-3-5-9-19(17)24-25-21/h2-13H,1H3,(H2,22,23,26). The first-order chi connectivity index (χ1) is 12.7. The van der Waals surface area contributed by atoms with Gasteiger partial charge < -0.3 is 10.6 Å². The summed E-state index contributed by atoms with van der Waals surface area (Å²) in [6.45, 7) is 2.04. The monoisotopic (exact) mass is 359 g/mol. The Balaban J connectivity index is 1.87. The van der Waals surface area contributed by atoms with Gasteiger partial charge in [-0.25, -0.2) is 0 Å². The van der Waals surface area contributed by atoms with Crippen LogP contribution in [0, 0.1) is 6.92 Å². The van der Waals surface area contributed by atoms with E-state index in [0.717, 1.165) is 22.5 Å². The number of nitrogens with one attached hydrogen (secondary N) is 2. The number of para-hydroxylation sites is 1. The molecule has 0 aliphatic rings. The fourth-order valence-electron chi connectivity index (χ4n) is 2.59. The van der Waals surface area contributed by atoms with Gasteiger partial charge in [0.05, 0.1) is 0 Å². The minimum Gasteiger partial charge on any atom is -0.332 e. The lowest BCUT2D eigenvalue weighted by molar-refractivity contribution is 1.46. The number of anilines is 2. The highest BCUT2D eigenvalue weighted by atomic mass is 32.1. The van der Waals surface area contributed by atoms with Crippen molar-refractivity contribution in [2.75, 3.05) is 10.6 Å². The second kappa shape index (κ2) is 8.16. The Morgan fingerprint density at radius 2 is 1.54 bits per heavy atom. The number of hydrogen-bond donors (Lipinski definition) is 2. The maximum absolute atomic E-state index is 8.80. The molecule has 6 heteroatoms. The molecule has 0 amide bonds. The quantitative estimate of drug-likeness (QED) is 0.244. The highest BCUT2D eigenvalue weighted by Gasteiger charge is 2.09. The molecule has 0 spiro atoms. The number of aryl methyl sites for hydroxylation is 1. The van der Waals surface area contributed by atoms with Gasteiger partial charge in [0.15, 0.2) is 5.11 Å². The Bertz CT molecular complexity index is 976. The lowest BCUT2D eigenvalue weighted by Gasteiger charge is -2.15. The van der Waals surface area contributed by atoms with Gasteiger partial charge in [0.1, 0.15) is 0 Å². The maximum atomic E-state index is 8.80. The van der Waals surface area contributed by atoms with Crippen molar-refractivity contribution in [3.63, 3.8) is 0 Å². The van der Waals surface area contributed by atoms with Crippen LogP contribution in [0.25, 0.3) is 21.6 Å². The Morgan fingerprint density at radius 1 is 0.885 bits per heavy atom. The molecule has 128 valence electrons. The molecule has 0 saturated carbocycles. The summed E-state index contributed by atoms with van der Waals surface area (Å²) in [4.78, 5) is 2.91. The van der Waals surface area contributed by atoms with Crippen LogP contribution in [0.2, 0.25) is 0 Å². The predicted octanol–water partition coefficient (Wildman–Crippen LogP) is 6.41. The molecule has 3 aromatic rings. The third kappa shape index (κ3) is 4.19. The molecular formula is C20H17N5S. The van der Waals surface area contributed by atoms with Crippen LogP contribution in [0.3, 0.4) is 0 Å². The molecule has 0 fully saturated rings. The first-order valence-electron chi connectivity index (χ1n) is 8.05. The van der Waals surface area contributed by atoms with Gasteiger partial charge in [-0.2, -0.15) is 0 Å². The molecule has 0 aliphatic carbocycles. The first-order valence-corrected chi connectivity index (χ1v) is 8.46. The molecule has 0 aliphatic heterocycles. The third-order valence-electron chi connectivity index (χ3n) is 3.83. The minimum absolute atomic E-state index is 0.488. The van der Waals surface area contributed by atoms with E-state index in [1.807, 2.05) is 73.7 Å². The molecule has 0 unspecified atom stereocenters. The van der Waals surface area contributed by atoms with E-state index in [1.54, 1.807) is 6.07 Å². The molecule has 0 bridgehead atoms. The summed E-state index contributed by atoms with van der Waals surface area (Å²) in [5.41, 5.74) is 14.1. The van der Waals surface area contributed by atoms with Crippen LogP contribution in [0.4, 0.5) is 17.1 Å². The van der Waals surface area contributed by atoms with Gasteiger partial charge >= 0.3 is 0 Å². The van der Waals surface area contributed by atoms with Crippen molar-refractivity contribution in [3.05, 3.63) is 88.8 Å². The fourth-order valence-corrected chi connectivity index (χ4v) is 2.81. The Kier molecular flexibility index (Phi) is 5.49. The van der Waals surface area contributed by atoms with Crippen LogP contribution in [0.5, 0.6) is 0 Å². The lowest BCUT2D eigenvalue weighted by Crippen LogP contribution is -2.19. The summed E-state index contributed by atoms with van der Waals surface area (Å²) >= 11 is 5.44. The zero-order valence-corrected chi connectivity index (χ0v) is 15.0. The van der Waals surface area contributed by atoms with Crippen molar-refractivity contribution in [1.29, 1.82) is 0 Å². The smallest absolute Gasteiger partial charge is 0.175 e. The van der Waals surface area contributed by atoms with E-state index in [1.165, 1.54) is 5.56 Å². The molecule has 0 radical (unpaired) electrons. The summed E-state index contributed by atoms with van der Waals surface area (Å²) in [6, 6.07) is 23.2. The Hall–Kier alpha value is -3.34. The van der Waals surface area contributed by atoms with Gasteiger partial charge in [0, 0.05) is 27.5 Å². The Labute approximate surface area is 157 Å². The van der Waals surface area contributed by atoms with Gasteiger partial charge in [-0.15, -0.1) is 0 Å². The number of hydrogen-bond acceptors (Lipinski definition) is 2. The molecular weight excluding hydrogens is 342 g/mol. The van der Waals surface area contributed by atoms with Gasteiger partial charge in [-0.05, 0) is 48.4 Å². The third-order valence-corrected chi connectivity index (χ3v) is 4.04. The molecule has 2 N–H and O–H groups in total. The zero-order chi connectivity index (χ0) is 18.4. The molecule has 3 aromatic carbocycles. The molecule has 3 rings (SSSR count). The number of benzene rings is 3. The summed E-state index contributed by atoms with van der Waals surface area (Å²) in [7, 11) is 0. The van der Waals surface area contributed by atoms with Gasteiger partial charge in [-0.1, -0.05) is 65.3 Å². The van der Waals surface area contributed by atoms with Crippen LogP contribution in [-0.2, 0) is 0 Å². The van der Waals surface area contributed by atoms with Gasteiger partial charge in [-0.3, -0.25) is 0 Å². The van der Waals surface area contributed by atoms with E-state index in [2.05, 4.69) is 20.7 Å². The Morgan fingerprint density at radius 3 is 2.27 bits per heavy atom. The van der Waals surface area contributed by atoms with Crippen molar-refractivity contribution >= 4 is 34.4 Å². The molecule has 0 saturated heterocycles. The first kappa shape index (κ1) is 17.5. The topological polar surface area (TPSA) is 72.8 Å². The lowest BCUT2D eigenvalue weighted by atomic mass is 10.0. The van der Waals surface area contributed by atoms with E-state index >= 15 is 0 Å². The minimum atomic E-state index is 0.488. The number of thiocarbonyl (C=S) groups is 1. The maximum Gasteiger partial charge on any atom is 0.175 e. The van der Waals surface area contributed by atoms with E-state index in [0.29, 0.717) is 10.8 Å². The predicted molar refractivity (Wildman–Crippen MR) is 112 cm³/mol. The highest BCUT2D eigenvalue weighted by Crippen LogP contribution is 2.35. The van der Waals surface area contributed by atoms with E-state index in [4.69, 9.17) is 17.7 Å². The SMILES string of the molecule is Cc1ccc(NC(=S)Nc2ccccc2-c2ccccc2N=[N+]=[N-])cc1. The van der Waals surface area contributed by atoms with Crippen LogP contribution >= 0.6 is 12.2 Å². The summed E-state index contributed by atoms with van der Waals surface area (Å²) in [5.74, 6) is 0. The van der Waals surface area contributed by atoms with E-state index in [9.17, 15) is 0 Å². The highest BCUT2D eigenvalue weighted by molar-refractivity contribution is 7.80. The number of nitrogens with zero attached hydrogens (tertiary/aromatic N) is 3. The second-order valence-corrected chi connectivity index (χ2v) is 6.11. The van der Waals surface area contributed by atoms with Crippen LogP contribution in [-0.4, -0.2) is 5.11 Å². The summed E-state index contributed by atoms with van der Waals surface area (Å²) < 4.78 is 0. The molecule has 0 heterocycles. The van der Waals surface area contributed by atoms with Crippen LogP contribution in [0.1, 0.15) is 5.56 Å². The average molecular weight is 359 g/mol. The normalized spacial score (nSPS) is 9.88. The van der Waals surface area contributed by atoms with Gasteiger partial charge in [0.25, 0.3) is 0 Å². The summed E-state index contributed by atoms with van der Waals surface area (Å²) in [5, 5.41) is 10.7. The molecule has 5 nitrogen and oxygen atoms in total. The van der Waals surface area contributed by atoms with Crippen molar-refractivity contribution in [2.45, 2.75) is 6.92 Å². The zero-order valence-electron chi connectivity index (χ0n) is 14.2. The van der Waals surface area contributed by atoms with Crippen molar-refractivity contribution in [1.82, 2.24) is 0 Å². The van der Waals surface area contributed by atoms with Gasteiger partial charge in [0.2, 0.25) is 0 Å². The van der Waals surface area contributed by atoms with E-state index in [-0.39, 0.29) is 0 Å². The summed E-state index contributed by atoms with van der Waals surface area (Å²) in [6.07, 6.45) is 0. The largest absolute Gasteiger partial charge is 0.332 e. The van der Waals surface area contributed by atoms with Crippen molar-refractivity contribution in [3.8, 4) is 11.1 Å². The number of rotatable bonds is 4. The number of azide groups is 1. The van der Waals surface area contributed by atoms with Crippen molar-refractivity contribution < 1.29 is 0 Å².